The molecule has 0 heterocycles. The van der Waals surface area contributed by atoms with Gasteiger partial charge in [0.2, 0.25) is 5.91 Å². The van der Waals surface area contributed by atoms with Crippen LogP contribution >= 0.6 is 0 Å². The molecule has 9 nitrogen and oxygen atoms in total. The van der Waals surface area contributed by atoms with Gasteiger partial charge >= 0.3 is 11.9 Å². The minimum atomic E-state index is -4.26. The first-order valence-corrected chi connectivity index (χ1v) is 9.79. The molecule has 0 aliphatic carbocycles. The number of carbonyl (C=O) groups excluding carboxylic acids is 3. The second kappa shape index (κ2) is 9.20. The number of hydrogen-bond donors (Lipinski definition) is 1. The van der Waals surface area contributed by atoms with E-state index in [1.165, 1.54) is 56.5 Å². The number of ether oxygens (including phenoxy) is 2. The number of esters is 2. The molecule has 1 N–H and O–H groups in total. The summed E-state index contributed by atoms with van der Waals surface area (Å²) < 4.78 is 36.6. The molecule has 0 atom stereocenters. The predicted octanol–water partition coefficient (Wildman–Crippen LogP) is 1.80. The highest BCUT2D eigenvalue weighted by molar-refractivity contribution is 7.92. The summed E-state index contributed by atoms with van der Waals surface area (Å²) in [4.78, 5) is 35.0. The van der Waals surface area contributed by atoms with Crippen molar-refractivity contribution in [2.45, 2.75) is 11.8 Å². The summed E-state index contributed by atoms with van der Waals surface area (Å²) in [5, 5.41) is 2.53. The van der Waals surface area contributed by atoms with Crippen molar-refractivity contribution >= 4 is 39.2 Å². The van der Waals surface area contributed by atoms with Crippen molar-refractivity contribution in [1.82, 2.24) is 0 Å². The number of benzene rings is 2. The number of rotatable bonds is 7. The maximum Gasteiger partial charge on any atom is 0.340 e. The van der Waals surface area contributed by atoms with E-state index in [0.717, 1.165) is 11.4 Å². The summed E-state index contributed by atoms with van der Waals surface area (Å²) in [5.41, 5.74) is 0.346. The number of nitrogens with zero attached hydrogens (tertiary/aromatic N) is 1. The molecule has 29 heavy (non-hydrogen) atoms. The number of amides is 1. The van der Waals surface area contributed by atoms with Gasteiger partial charge in [-0.25, -0.2) is 13.2 Å². The Bertz CT molecular complexity index is 1020. The van der Waals surface area contributed by atoms with Crippen LogP contribution in [0.1, 0.15) is 17.3 Å². The van der Waals surface area contributed by atoms with Crippen LogP contribution in [0.2, 0.25) is 0 Å². The molecular formula is C19H20N2O7S. The van der Waals surface area contributed by atoms with Crippen molar-refractivity contribution in [2.24, 2.45) is 0 Å². The molecule has 0 aliphatic rings. The first-order chi connectivity index (χ1) is 13.7. The van der Waals surface area contributed by atoms with Gasteiger partial charge in [-0.15, -0.1) is 0 Å². The Morgan fingerprint density at radius 2 is 1.59 bits per heavy atom. The first-order valence-electron chi connectivity index (χ1n) is 8.35. The van der Waals surface area contributed by atoms with Crippen LogP contribution in [-0.4, -0.2) is 47.0 Å². The van der Waals surface area contributed by atoms with Crippen LogP contribution in [-0.2, 0) is 29.1 Å². The Balaban J connectivity index is 2.56. The van der Waals surface area contributed by atoms with Crippen molar-refractivity contribution in [3.8, 4) is 0 Å². The Kier molecular flexibility index (Phi) is 6.94. The van der Waals surface area contributed by atoms with E-state index in [-0.39, 0.29) is 22.1 Å². The van der Waals surface area contributed by atoms with E-state index in [1.807, 2.05) is 0 Å². The molecule has 0 radical (unpaired) electrons. The largest absolute Gasteiger partial charge is 0.468 e. The normalized spacial score (nSPS) is 10.7. The summed E-state index contributed by atoms with van der Waals surface area (Å²) >= 11 is 0. The van der Waals surface area contributed by atoms with Crippen molar-refractivity contribution in [3.63, 3.8) is 0 Å². The van der Waals surface area contributed by atoms with E-state index in [1.54, 1.807) is 6.07 Å². The van der Waals surface area contributed by atoms with Crippen LogP contribution in [0.3, 0.4) is 0 Å². The summed E-state index contributed by atoms with van der Waals surface area (Å²) in [7, 11) is -1.96. The fourth-order valence-electron chi connectivity index (χ4n) is 2.50. The number of hydrogen-bond acceptors (Lipinski definition) is 7. The fourth-order valence-corrected chi connectivity index (χ4v) is 3.92. The molecule has 2 rings (SSSR count). The number of sulfonamides is 1. The Labute approximate surface area is 168 Å². The van der Waals surface area contributed by atoms with Gasteiger partial charge in [0.15, 0.2) is 0 Å². The molecule has 0 aromatic heterocycles. The highest BCUT2D eigenvalue weighted by atomic mass is 32.2. The van der Waals surface area contributed by atoms with Crippen LogP contribution in [0.25, 0.3) is 0 Å². The maximum absolute atomic E-state index is 13.3. The highest BCUT2D eigenvalue weighted by Gasteiger charge is 2.30. The fraction of sp³-hybridized carbons (Fsp3) is 0.211. The minimum absolute atomic E-state index is 0.0302. The quantitative estimate of drug-likeness (QED) is 0.678. The zero-order chi connectivity index (χ0) is 21.6. The van der Waals surface area contributed by atoms with Gasteiger partial charge in [-0.2, -0.15) is 0 Å². The van der Waals surface area contributed by atoms with Gasteiger partial charge in [-0.05, 0) is 36.4 Å². The van der Waals surface area contributed by atoms with Crippen molar-refractivity contribution < 1.29 is 32.3 Å². The second-order valence-corrected chi connectivity index (χ2v) is 7.66. The number of nitrogens with one attached hydrogen (secondary N) is 1. The van der Waals surface area contributed by atoms with Gasteiger partial charge in [0.1, 0.15) is 6.54 Å². The van der Waals surface area contributed by atoms with Crippen molar-refractivity contribution in [1.29, 1.82) is 0 Å². The molecule has 1 amide bonds. The average molecular weight is 420 g/mol. The standard InChI is InChI=1S/C19H20N2O7S/c1-13(22)20-14-8-10-15(11-9-14)29(25,26)21(12-18(23)27-2)17-7-5-4-6-16(17)19(24)28-3/h4-11H,12H2,1-3H3,(H,20,22). The molecule has 0 bridgehead atoms. The van der Waals surface area contributed by atoms with E-state index in [9.17, 15) is 22.8 Å². The molecule has 10 heteroatoms. The molecular weight excluding hydrogens is 400 g/mol. The smallest absolute Gasteiger partial charge is 0.340 e. The lowest BCUT2D eigenvalue weighted by molar-refractivity contribution is -0.138. The SMILES string of the molecule is COC(=O)CN(c1ccccc1C(=O)OC)S(=O)(=O)c1ccc(NC(C)=O)cc1. The summed E-state index contributed by atoms with van der Waals surface area (Å²) in [6.45, 7) is 0.673. The lowest BCUT2D eigenvalue weighted by Crippen LogP contribution is -2.37. The molecule has 0 unspecified atom stereocenters. The van der Waals surface area contributed by atoms with Gasteiger partial charge in [0.25, 0.3) is 10.0 Å². The van der Waals surface area contributed by atoms with Crippen molar-refractivity contribution in [3.05, 3.63) is 54.1 Å². The van der Waals surface area contributed by atoms with Gasteiger partial charge in [0.05, 0.1) is 30.4 Å². The van der Waals surface area contributed by atoms with Crippen molar-refractivity contribution in [2.75, 3.05) is 30.4 Å². The highest BCUT2D eigenvalue weighted by Crippen LogP contribution is 2.28. The van der Waals surface area contributed by atoms with Crippen LogP contribution < -0.4 is 9.62 Å². The average Bonchev–Trinajstić information content (AvgIpc) is 2.71. The lowest BCUT2D eigenvalue weighted by Gasteiger charge is -2.25. The van der Waals surface area contributed by atoms with E-state index < -0.39 is 28.5 Å². The zero-order valence-corrected chi connectivity index (χ0v) is 16.9. The molecule has 0 saturated carbocycles. The summed E-state index contributed by atoms with van der Waals surface area (Å²) in [6, 6.07) is 11.2. The molecule has 0 aliphatic heterocycles. The minimum Gasteiger partial charge on any atom is -0.468 e. The van der Waals surface area contributed by atoms with E-state index in [4.69, 9.17) is 4.74 Å². The number of methoxy groups -OCH3 is 2. The topological polar surface area (TPSA) is 119 Å². The lowest BCUT2D eigenvalue weighted by atomic mass is 10.2. The van der Waals surface area contributed by atoms with Gasteiger partial charge in [-0.1, -0.05) is 12.1 Å². The summed E-state index contributed by atoms with van der Waals surface area (Å²) in [6.07, 6.45) is 0. The third-order valence-corrected chi connectivity index (χ3v) is 5.62. The third-order valence-electron chi connectivity index (χ3n) is 3.84. The maximum atomic E-state index is 13.3. The molecule has 0 saturated heterocycles. The van der Waals surface area contributed by atoms with E-state index in [0.29, 0.717) is 5.69 Å². The van der Waals surface area contributed by atoms with Gasteiger partial charge < -0.3 is 14.8 Å². The predicted molar refractivity (Wildman–Crippen MR) is 105 cm³/mol. The van der Waals surface area contributed by atoms with Crippen LogP contribution in [0, 0.1) is 0 Å². The molecule has 2 aromatic rings. The monoisotopic (exact) mass is 420 g/mol. The number of anilines is 2. The molecule has 154 valence electrons. The number of carbonyl (C=O) groups is 3. The first kappa shape index (κ1) is 21.9. The third kappa shape index (κ3) is 5.11. The van der Waals surface area contributed by atoms with Crippen LogP contribution in [0.4, 0.5) is 11.4 Å². The zero-order valence-electron chi connectivity index (χ0n) is 16.0. The van der Waals surface area contributed by atoms with Gasteiger partial charge in [0, 0.05) is 12.6 Å². The Hall–Kier alpha value is -3.40. The van der Waals surface area contributed by atoms with E-state index >= 15 is 0 Å². The number of para-hydroxylation sites is 1. The second-order valence-electron chi connectivity index (χ2n) is 5.80. The van der Waals surface area contributed by atoms with Crippen LogP contribution in [0.15, 0.2) is 53.4 Å². The molecule has 0 spiro atoms. The van der Waals surface area contributed by atoms with Gasteiger partial charge in [-0.3, -0.25) is 13.9 Å². The molecule has 0 fully saturated rings. The van der Waals surface area contributed by atoms with Crippen LogP contribution in [0.5, 0.6) is 0 Å². The Morgan fingerprint density at radius 3 is 2.14 bits per heavy atom. The van der Waals surface area contributed by atoms with E-state index in [2.05, 4.69) is 10.1 Å². The Morgan fingerprint density at radius 1 is 0.966 bits per heavy atom. The summed E-state index contributed by atoms with van der Waals surface area (Å²) in [5.74, 6) is -1.88. The molecule has 2 aromatic carbocycles.